The highest BCUT2D eigenvalue weighted by Gasteiger charge is 2.65. The third-order valence-electron chi connectivity index (χ3n) is 3.31. The molecule has 0 aromatic heterocycles. The van der Waals surface area contributed by atoms with Crippen LogP contribution in [0.2, 0.25) is 0 Å². The first-order valence-corrected chi connectivity index (χ1v) is 7.46. The monoisotopic (exact) mass is 357 g/mol. The second-order valence-electron chi connectivity index (χ2n) is 5.57. The van der Waals surface area contributed by atoms with E-state index in [1.54, 1.807) is 25.1 Å². The minimum Gasteiger partial charge on any atom is -0.462 e. The number of esters is 1. The van der Waals surface area contributed by atoms with Crippen LogP contribution < -0.4 is 0 Å². The standard InChI is InChI=1S/C16H18F3N3O3/c1-5-24-13(23)15(16(17,18)19)20-12(25-14(21-15)22(3)4)11-8-6-7-10(2)9-11/h6-9H,5H2,1-4H3/t15-/m0/s1. The highest BCUT2D eigenvalue weighted by molar-refractivity contribution is 6.05. The maximum Gasteiger partial charge on any atom is 0.446 e. The van der Waals surface area contributed by atoms with E-state index in [2.05, 4.69) is 14.7 Å². The Labute approximate surface area is 143 Å². The maximum atomic E-state index is 13.8. The third-order valence-corrected chi connectivity index (χ3v) is 3.31. The van der Waals surface area contributed by atoms with Gasteiger partial charge in [-0.15, -0.1) is 0 Å². The summed E-state index contributed by atoms with van der Waals surface area (Å²) < 4.78 is 51.3. The van der Waals surface area contributed by atoms with Gasteiger partial charge in [0.05, 0.1) is 6.61 Å². The summed E-state index contributed by atoms with van der Waals surface area (Å²) in [5.74, 6) is -1.96. The predicted molar refractivity (Wildman–Crippen MR) is 85.3 cm³/mol. The molecule has 25 heavy (non-hydrogen) atoms. The van der Waals surface area contributed by atoms with Gasteiger partial charge in [0.15, 0.2) is 0 Å². The first kappa shape index (κ1) is 18.8. The Kier molecular flexibility index (Phi) is 5.05. The number of carbonyl (C=O) groups is 1. The zero-order chi connectivity index (χ0) is 18.8. The van der Waals surface area contributed by atoms with Gasteiger partial charge >= 0.3 is 17.8 Å². The number of hydrogen-bond acceptors (Lipinski definition) is 6. The van der Waals surface area contributed by atoms with Gasteiger partial charge in [0.25, 0.3) is 6.02 Å². The van der Waals surface area contributed by atoms with Crippen LogP contribution >= 0.6 is 0 Å². The van der Waals surface area contributed by atoms with Crippen LogP contribution in [-0.4, -0.2) is 55.3 Å². The molecule has 1 atom stereocenters. The number of aryl methyl sites for hydroxylation is 1. The molecule has 1 aliphatic heterocycles. The van der Waals surface area contributed by atoms with Crippen molar-refractivity contribution in [1.82, 2.24) is 4.90 Å². The second kappa shape index (κ2) is 6.73. The van der Waals surface area contributed by atoms with Crippen molar-refractivity contribution < 1.29 is 27.4 Å². The lowest BCUT2D eigenvalue weighted by molar-refractivity contribution is -0.204. The molecule has 6 nitrogen and oxygen atoms in total. The van der Waals surface area contributed by atoms with Gasteiger partial charge in [-0.1, -0.05) is 17.7 Å². The average molecular weight is 357 g/mol. The van der Waals surface area contributed by atoms with E-state index in [1.807, 2.05) is 0 Å². The van der Waals surface area contributed by atoms with E-state index >= 15 is 0 Å². The summed E-state index contributed by atoms with van der Waals surface area (Å²) in [6.07, 6.45) is -5.10. The molecule has 136 valence electrons. The predicted octanol–water partition coefficient (Wildman–Crippen LogP) is 2.51. The number of nitrogens with zero attached hydrogens (tertiary/aromatic N) is 3. The molecule has 0 radical (unpaired) electrons. The number of ether oxygens (including phenoxy) is 2. The van der Waals surface area contributed by atoms with Crippen LogP contribution in [0.1, 0.15) is 18.1 Å². The van der Waals surface area contributed by atoms with E-state index in [0.717, 1.165) is 5.56 Å². The molecule has 0 unspecified atom stereocenters. The number of rotatable bonds is 3. The van der Waals surface area contributed by atoms with E-state index in [1.165, 1.54) is 32.0 Å². The molecule has 0 aliphatic carbocycles. The minimum atomic E-state index is -5.10. The van der Waals surface area contributed by atoms with Gasteiger partial charge in [-0.3, -0.25) is 0 Å². The summed E-state index contributed by atoms with van der Waals surface area (Å²) >= 11 is 0. The normalized spacial score (nSPS) is 20.3. The highest BCUT2D eigenvalue weighted by atomic mass is 19.4. The summed E-state index contributed by atoms with van der Waals surface area (Å²) in [6.45, 7) is 2.94. The van der Waals surface area contributed by atoms with Crippen LogP contribution in [0.4, 0.5) is 13.2 Å². The molecule has 1 aromatic carbocycles. The molecule has 2 rings (SSSR count). The Morgan fingerprint density at radius 3 is 2.52 bits per heavy atom. The zero-order valence-corrected chi connectivity index (χ0v) is 14.2. The molecule has 0 fully saturated rings. The van der Waals surface area contributed by atoms with Crippen LogP contribution in [0.3, 0.4) is 0 Å². The number of hydrogen-bond donors (Lipinski definition) is 0. The lowest BCUT2D eigenvalue weighted by atomic mass is 10.1. The smallest absolute Gasteiger partial charge is 0.446 e. The number of aliphatic imine (C=N–C) groups is 2. The Bertz CT molecular complexity index is 729. The van der Waals surface area contributed by atoms with E-state index in [0.29, 0.717) is 5.56 Å². The largest absolute Gasteiger partial charge is 0.462 e. The van der Waals surface area contributed by atoms with Crippen LogP contribution in [0.15, 0.2) is 34.3 Å². The van der Waals surface area contributed by atoms with Crippen molar-refractivity contribution >= 4 is 17.9 Å². The van der Waals surface area contributed by atoms with Crippen molar-refractivity contribution in [1.29, 1.82) is 0 Å². The minimum absolute atomic E-state index is 0.236. The molecule has 0 amide bonds. The molecular formula is C16H18F3N3O3. The number of halogens is 3. The van der Waals surface area contributed by atoms with Crippen molar-refractivity contribution in [2.24, 2.45) is 9.98 Å². The molecule has 1 aromatic rings. The van der Waals surface area contributed by atoms with Gasteiger partial charge in [-0.05, 0) is 26.0 Å². The fraction of sp³-hybridized carbons (Fsp3) is 0.438. The number of amidine groups is 1. The van der Waals surface area contributed by atoms with E-state index in [-0.39, 0.29) is 12.5 Å². The summed E-state index contributed by atoms with van der Waals surface area (Å²) in [7, 11) is 2.90. The van der Waals surface area contributed by atoms with Crippen molar-refractivity contribution in [3.05, 3.63) is 35.4 Å². The van der Waals surface area contributed by atoms with Crippen LogP contribution in [0, 0.1) is 6.92 Å². The zero-order valence-electron chi connectivity index (χ0n) is 14.2. The number of carbonyl (C=O) groups excluding carboxylic acids is 1. The third kappa shape index (κ3) is 3.59. The van der Waals surface area contributed by atoms with Gasteiger partial charge in [0, 0.05) is 19.7 Å². The molecule has 0 saturated carbocycles. The molecular weight excluding hydrogens is 339 g/mol. The van der Waals surface area contributed by atoms with Gasteiger partial charge in [0.2, 0.25) is 5.90 Å². The van der Waals surface area contributed by atoms with Crippen LogP contribution in [0.5, 0.6) is 0 Å². The number of alkyl halides is 3. The van der Waals surface area contributed by atoms with Crippen LogP contribution in [0.25, 0.3) is 0 Å². The quantitative estimate of drug-likeness (QED) is 0.780. The van der Waals surface area contributed by atoms with Crippen molar-refractivity contribution in [3.8, 4) is 0 Å². The summed E-state index contributed by atoms with van der Waals surface area (Å²) in [5, 5.41) is 0. The van der Waals surface area contributed by atoms with Gasteiger partial charge in [0.1, 0.15) is 0 Å². The van der Waals surface area contributed by atoms with Crippen molar-refractivity contribution in [2.75, 3.05) is 20.7 Å². The molecule has 9 heteroatoms. The Morgan fingerprint density at radius 2 is 2.00 bits per heavy atom. The molecule has 1 heterocycles. The Balaban J connectivity index is 2.68. The lowest BCUT2D eigenvalue weighted by Gasteiger charge is -2.32. The second-order valence-corrected chi connectivity index (χ2v) is 5.57. The van der Waals surface area contributed by atoms with Gasteiger partial charge < -0.3 is 14.4 Å². The molecule has 0 spiro atoms. The van der Waals surface area contributed by atoms with Crippen molar-refractivity contribution in [3.63, 3.8) is 0 Å². The highest BCUT2D eigenvalue weighted by Crippen LogP contribution is 2.39. The Morgan fingerprint density at radius 1 is 1.32 bits per heavy atom. The van der Waals surface area contributed by atoms with Crippen LogP contribution in [-0.2, 0) is 14.3 Å². The molecule has 0 N–H and O–H groups in total. The fourth-order valence-corrected chi connectivity index (χ4v) is 2.10. The van der Waals surface area contributed by atoms with Gasteiger partial charge in [-0.2, -0.15) is 23.2 Å². The summed E-state index contributed by atoms with van der Waals surface area (Å²) in [6, 6.07) is 6.17. The number of benzene rings is 1. The molecule has 0 bridgehead atoms. The van der Waals surface area contributed by atoms with Gasteiger partial charge in [-0.25, -0.2) is 4.79 Å². The maximum absolute atomic E-state index is 13.8. The lowest BCUT2D eigenvalue weighted by Crippen LogP contribution is -2.54. The topological polar surface area (TPSA) is 63.5 Å². The summed E-state index contributed by atoms with van der Waals surface area (Å²) in [5.41, 5.74) is -2.31. The molecule has 0 saturated heterocycles. The average Bonchev–Trinajstić information content (AvgIpc) is 2.53. The Hall–Kier alpha value is -2.58. The molecule has 1 aliphatic rings. The first-order valence-electron chi connectivity index (χ1n) is 7.46. The van der Waals surface area contributed by atoms with E-state index in [9.17, 15) is 18.0 Å². The first-order chi connectivity index (χ1) is 11.6. The van der Waals surface area contributed by atoms with E-state index < -0.39 is 23.8 Å². The van der Waals surface area contributed by atoms with Crippen molar-refractivity contribution in [2.45, 2.75) is 25.7 Å². The summed E-state index contributed by atoms with van der Waals surface area (Å²) in [4.78, 5) is 20.3. The fourth-order valence-electron chi connectivity index (χ4n) is 2.10. The SMILES string of the molecule is CCOC(=O)[C@]1(C(F)(F)F)N=C(c2cccc(C)c2)OC(N(C)C)=N1. The van der Waals surface area contributed by atoms with E-state index in [4.69, 9.17) is 4.74 Å².